The topological polar surface area (TPSA) is 39.1 Å². The van der Waals surface area contributed by atoms with Gasteiger partial charge in [0.15, 0.2) is 0 Å². The van der Waals surface area contributed by atoms with E-state index in [1.165, 1.54) is 0 Å². The number of nitrogens with zero attached hydrogens (tertiary/aromatic N) is 2. The third-order valence-corrected chi connectivity index (χ3v) is 2.66. The molecule has 4 nitrogen and oxygen atoms in total. The highest BCUT2D eigenvalue weighted by molar-refractivity contribution is 5.15. The van der Waals surface area contributed by atoms with Crippen LogP contribution in [0.4, 0.5) is 13.2 Å². The molecule has 0 bridgehead atoms. The molecule has 110 valence electrons. The molecular formula is C12H20F3N3O. The van der Waals surface area contributed by atoms with Crippen LogP contribution in [0.15, 0.2) is 6.20 Å². The standard InChI is InChI=1S/C12H20F3N3O/c1-3-4-16-7-11-8-17-18(10(11)2)5-6-19-9-12(13,14)15/h8,16H,3-7,9H2,1-2H3. The maximum atomic E-state index is 11.9. The zero-order valence-corrected chi connectivity index (χ0v) is 11.3. The van der Waals surface area contributed by atoms with Crippen molar-refractivity contribution >= 4 is 0 Å². The van der Waals surface area contributed by atoms with Gasteiger partial charge >= 0.3 is 6.18 Å². The van der Waals surface area contributed by atoms with Gasteiger partial charge in [-0.25, -0.2) is 0 Å². The number of halogens is 3. The van der Waals surface area contributed by atoms with Crippen LogP contribution in [0.2, 0.25) is 0 Å². The first kappa shape index (κ1) is 16.0. The molecule has 1 aromatic rings. The molecule has 0 aliphatic carbocycles. The summed E-state index contributed by atoms with van der Waals surface area (Å²) in [7, 11) is 0. The Hall–Kier alpha value is -1.08. The van der Waals surface area contributed by atoms with Crippen LogP contribution >= 0.6 is 0 Å². The average molecular weight is 279 g/mol. The van der Waals surface area contributed by atoms with Crippen molar-refractivity contribution in [3.8, 4) is 0 Å². The normalized spacial score (nSPS) is 12.1. The predicted octanol–water partition coefficient (Wildman–Crippen LogP) is 2.27. The fourth-order valence-electron chi connectivity index (χ4n) is 1.62. The minimum atomic E-state index is -4.27. The van der Waals surface area contributed by atoms with E-state index in [9.17, 15) is 13.2 Å². The van der Waals surface area contributed by atoms with E-state index in [-0.39, 0.29) is 6.61 Å². The Kier molecular flexibility index (Phi) is 6.30. The van der Waals surface area contributed by atoms with Gasteiger partial charge < -0.3 is 10.1 Å². The average Bonchev–Trinajstić information content (AvgIpc) is 2.66. The van der Waals surface area contributed by atoms with Crippen molar-refractivity contribution in [3.63, 3.8) is 0 Å². The molecule has 7 heteroatoms. The highest BCUT2D eigenvalue weighted by Gasteiger charge is 2.27. The quantitative estimate of drug-likeness (QED) is 0.742. The zero-order chi connectivity index (χ0) is 14.3. The maximum Gasteiger partial charge on any atom is 0.411 e. The Bertz CT molecular complexity index is 377. The molecule has 1 heterocycles. The number of aromatic nitrogens is 2. The number of hydrogen-bond acceptors (Lipinski definition) is 3. The minimum Gasteiger partial charge on any atom is -0.370 e. The summed E-state index contributed by atoms with van der Waals surface area (Å²) in [6.45, 7) is 4.77. The van der Waals surface area contributed by atoms with Crippen molar-refractivity contribution in [2.75, 3.05) is 19.8 Å². The second-order valence-corrected chi connectivity index (χ2v) is 4.32. The summed E-state index contributed by atoms with van der Waals surface area (Å²) in [4.78, 5) is 0. The van der Waals surface area contributed by atoms with E-state index in [1.807, 2.05) is 6.92 Å². The second-order valence-electron chi connectivity index (χ2n) is 4.32. The lowest BCUT2D eigenvalue weighted by Gasteiger charge is -2.09. The summed E-state index contributed by atoms with van der Waals surface area (Å²) in [6, 6.07) is 0. The highest BCUT2D eigenvalue weighted by Crippen LogP contribution is 2.14. The largest absolute Gasteiger partial charge is 0.411 e. The Morgan fingerprint density at radius 1 is 1.42 bits per heavy atom. The summed E-state index contributed by atoms with van der Waals surface area (Å²) >= 11 is 0. The van der Waals surface area contributed by atoms with Crippen molar-refractivity contribution in [2.45, 2.75) is 39.5 Å². The van der Waals surface area contributed by atoms with E-state index in [1.54, 1.807) is 10.9 Å². The van der Waals surface area contributed by atoms with Crippen molar-refractivity contribution in [2.24, 2.45) is 0 Å². The van der Waals surface area contributed by atoms with Gasteiger partial charge in [-0.15, -0.1) is 0 Å². The molecule has 0 aromatic carbocycles. The number of ether oxygens (including phenoxy) is 1. The number of alkyl halides is 3. The fraction of sp³-hybridized carbons (Fsp3) is 0.750. The van der Waals surface area contributed by atoms with E-state index >= 15 is 0 Å². The van der Waals surface area contributed by atoms with E-state index in [4.69, 9.17) is 0 Å². The highest BCUT2D eigenvalue weighted by atomic mass is 19.4. The van der Waals surface area contributed by atoms with Gasteiger partial charge in [-0.1, -0.05) is 6.92 Å². The van der Waals surface area contributed by atoms with Crippen molar-refractivity contribution in [3.05, 3.63) is 17.5 Å². The molecule has 1 rings (SSSR count). The molecule has 19 heavy (non-hydrogen) atoms. The Morgan fingerprint density at radius 2 is 2.16 bits per heavy atom. The molecule has 0 radical (unpaired) electrons. The third-order valence-electron chi connectivity index (χ3n) is 2.66. The van der Waals surface area contributed by atoms with Gasteiger partial charge in [0.1, 0.15) is 6.61 Å². The summed E-state index contributed by atoms with van der Waals surface area (Å²) in [5.74, 6) is 0. The molecule has 0 fully saturated rings. The van der Waals surface area contributed by atoms with Gasteiger partial charge in [-0.3, -0.25) is 4.68 Å². The second kappa shape index (κ2) is 7.49. The summed E-state index contributed by atoms with van der Waals surface area (Å²) in [5.41, 5.74) is 2.02. The van der Waals surface area contributed by atoms with Gasteiger partial charge in [0.25, 0.3) is 0 Å². The first-order valence-corrected chi connectivity index (χ1v) is 6.30. The Morgan fingerprint density at radius 3 is 2.79 bits per heavy atom. The van der Waals surface area contributed by atoms with Crippen LogP contribution in [0.1, 0.15) is 24.6 Å². The van der Waals surface area contributed by atoms with E-state index < -0.39 is 12.8 Å². The van der Waals surface area contributed by atoms with E-state index in [2.05, 4.69) is 22.1 Å². The number of nitrogens with one attached hydrogen (secondary N) is 1. The monoisotopic (exact) mass is 279 g/mol. The molecule has 0 aliphatic heterocycles. The number of rotatable bonds is 8. The van der Waals surface area contributed by atoms with Crippen LogP contribution < -0.4 is 5.32 Å². The molecule has 0 spiro atoms. The van der Waals surface area contributed by atoms with Gasteiger partial charge in [0.05, 0.1) is 19.3 Å². The van der Waals surface area contributed by atoms with Gasteiger partial charge in [0.2, 0.25) is 0 Å². The van der Waals surface area contributed by atoms with Crippen LogP contribution in [0.5, 0.6) is 0 Å². The molecule has 0 saturated heterocycles. The lowest BCUT2D eigenvalue weighted by Crippen LogP contribution is -2.19. The smallest absolute Gasteiger partial charge is 0.370 e. The minimum absolute atomic E-state index is 0.00383. The van der Waals surface area contributed by atoms with Crippen molar-refractivity contribution in [1.29, 1.82) is 0 Å². The maximum absolute atomic E-state index is 11.9. The SMILES string of the molecule is CCCNCc1cnn(CCOCC(F)(F)F)c1C. The van der Waals surface area contributed by atoms with E-state index in [0.29, 0.717) is 6.54 Å². The molecule has 1 N–H and O–H groups in total. The van der Waals surface area contributed by atoms with Crippen LogP contribution in [0, 0.1) is 6.92 Å². The van der Waals surface area contributed by atoms with Crippen LogP contribution in [-0.2, 0) is 17.8 Å². The molecule has 1 aromatic heterocycles. The molecule has 0 aliphatic rings. The lowest BCUT2D eigenvalue weighted by atomic mass is 10.2. The molecule has 0 amide bonds. The summed E-state index contributed by atoms with van der Waals surface area (Å²) < 4.78 is 41.9. The Labute approximate surface area is 110 Å². The summed E-state index contributed by atoms with van der Waals surface area (Å²) in [5, 5.41) is 7.40. The summed E-state index contributed by atoms with van der Waals surface area (Å²) in [6.07, 6.45) is -1.48. The third kappa shape index (κ3) is 6.07. The van der Waals surface area contributed by atoms with Crippen LogP contribution in [0.25, 0.3) is 0 Å². The van der Waals surface area contributed by atoms with Crippen LogP contribution in [-0.4, -0.2) is 35.7 Å². The molecule has 0 saturated carbocycles. The van der Waals surface area contributed by atoms with Crippen LogP contribution in [0.3, 0.4) is 0 Å². The zero-order valence-electron chi connectivity index (χ0n) is 11.3. The first-order valence-electron chi connectivity index (χ1n) is 6.30. The van der Waals surface area contributed by atoms with Gasteiger partial charge in [-0.2, -0.15) is 18.3 Å². The van der Waals surface area contributed by atoms with E-state index in [0.717, 1.165) is 30.8 Å². The first-order chi connectivity index (χ1) is 8.94. The molecule has 0 atom stereocenters. The van der Waals surface area contributed by atoms with Crippen molar-refractivity contribution < 1.29 is 17.9 Å². The molecular weight excluding hydrogens is 259 g/mol. The number of hydrogen-bond donors (Lipinski definition) is 1. The lowest BCUT2D eigenvalue weighted by molar-refractivity contribution is -0.174. The Balaban J connectivity index is 2.34. The van der Waals surface area contributed by atoms with Gasteiger partial charge in [-0.05, 0) is 19.9 Å². The van der Waals surface area contributed by atoms with Crippen molar-refractivity contribution in [1.82, 2.24) is 15.1 Å². The van der Waals surface area contributed by atoms with Gasteiger partial charge in [0, 0.05) is 17.8 Å². The molecule has 0 unspecified atom stereocenters. The predicted molar refractivity (Wildman–Crippen MR) is 65.8 cm³/mol. The fourth-order valence-corrected chi connectivity index (χ4v) is 1.62.